The average molecular weight is 252 g/mol. The fourth-order valence-electron chi connectivity index (χ4n) is 2.65. The normalized spacial score (nSPS) is 23.2. The summed E-state index contributed by atoms with van der Waals surface area (Å²) in [4.78, 5) is 2.12. The van der Waals surface area contributed by atoms with Crippen LogP contribution >= 0.6 is 0 Å². The lowest BCUT2D eigenvalue weighted by molar-refractivity contribution is 0.136. The average Bonchev–Trinajstić information content (AvgIpc) is 2.77. The Kier molecular flexibility index (Phi) is 3.88. The van der Waals surface area contributed by atoms with E-state index in [1.165, 1.54) is 6.07 Å². The molecule has 1 aromatic rings. The largest absolute Gasteiger partial charge is 0.393 e. The molecule has 0 spiro atoms. The van der Waals surface area contributed by atoms with Gasteiger partial charge in [0.1, 0.15) is 5.82 Å². The summed E-state index contributed by atoms with van der Waals surface area (Å²) in [5.41, 5.74) is 7.30. The van der Waals surface area contributed by atoms with Gasteiger partial charge in [0.2, 0.25) is 0 Å². The highest BCUT2D eigenvalue weighted by Crippen LogP contribution is 2.32. The van der Waals surface area contributed by atoms with E-state index in [9.17, 15) is 9.50 Å². The number of anilines is 1. The molecule has 2 rings (SSSR count). The van der Waals surface area contributed by atoms with Crippen LogP contribution in [0.25, 0.3) is 0 Å². The minimum Gasteiger partial charge on any atom is -0.393 e. The van der Waals surface area contributed by atoms with Gasteiger partial charge in [-0.2, -0.15) is 0 Å². The van der Waals surface area contributed by atoms with Crippen molar-refractivity contribution in [2.75, 3.05) is 18.0 Å². The second-order valence-corrected chi connectivity index (χ2v) is 5.20. The molecule has 0 aromatic heterocycles. The van der Waals surface area contributed by atoms with Crippen molar-refractivity contribution in [1.82, 2.24) is 0 Å². The Morgan fingerprint density at radius 1 is 1.44 bits per heavy atom. The molecule has 1 saturated heterocycles. The number of nitrogens with two attached hydrogens (primary N) is 1. The predicted molar refractivity (Wildman–Crippen MR) is 71.0 cm³/mol. The molecule has 0 aliphatic carbocycles. The van der Waals surface area contributed by atoms with Gasteiger partial charge in [0.05, 0.1) is 6.10 Å². The Labute approximate surface area is 107 Å². The summed E-state index contributed by atoms with van der Waals surface area (Å²) in [5.74, 6) is 0.0113. The van der Waals surface area contributed by atoms with Gasteiger partial charge in [-0.25, -0.2) is 4.39 Å². The molecule has 3 atom stereocenters. The highest BCUT2D eigenvalue weighted by Gasteiger charge is 2.28. The zero-order valence-electron chi connectivity index (χ0n) is 10.9. The van der Waals surface area contributed by atoms with Crippen LogP contribution in [0.1, 0.15) is 31.9 Å². The van der Waals surface area contributed by atoms with Crippen LogP contribution in [-0.2, 0) is 0 Å². The van der Waals surface area contributed by atoms with Gasteiger partial charge in [0, 0.05) is 36.3 Å². The third-order valence-electron chi connectivity index (χ3n) is 3.73. The van der Waals surface area contributed by atoms with Crippen LogP contribution in [0, 0.1) is 11.7 Å². The maximum absolute atomic E-state index is 13.9. The zero-order chi connectivity index (χ0) is 13.3. The smallest absolute Gasteiger partial charge is 0.130 e. The maximum atomic E-state index is 13.9. The second-order valence-electron chi connectivity index (χ2n) is 5.20. The molecule has 2 unspecified atom stereocenters. The number of hydrogen-bond donors (Lipinski definition) is 2. The van der Waals surface area contributed by atoms with Crippen LogP contribution < -0.4 is 10.6 Å². The minimum atomic E-state index is -0.327. The zero-order valence-corrected chi connectivity index (χ0v) is 10.9. The Morgan fingerprint density at radius 2 is 2.17 bits per heavy atom. The Balaban J connectivity index is 2.27. The molecule has 1 aliphatic heterocycles. The van der Waals surface area contributed by atoms with Gasteiger partial charge < -0.3 is 15.7 Å². The summed E-state index contributed by atoms with van der Waals surface area (Å²) < 4.78 is 13.9. The topological polar surface area (TPSA) is 49.5 Å². The molecule has 3 N–H and O–H groups in total. The number of aliphatic hydroxyl groups is 1. The number of hydrogen-bond acceptors (Lipinski definition) is 3. The van der Waals surface area contributed by atoms with Crippen molar-refractivity contribution in [3.8, 4) is 0 Å². The summed E-state index contributed by atoms with van der Waals surface area (Å²) in [5, 5.41) is 9.62. The molecule has 1 aliphatic rings. The molecular weight excluding hydrogens is 231 g/mol. The van der Waals surface area contributed by atoms with Crippen LogP contribution in [0.3, 0.4) is 0 Å². The van der Waals surface area contributed by atoms with Gasteiger partial charge in [-0.15, -0.1) is 0 Å². The molecule has 1 heterocycles. The van der Waals surface area contributed by atoms with Crippen molar-refractivity contribution in [3.63, 3.8) is 0 Å². The predicted octanol–water partition coefficient (Wildman–Crippen LogP) is 2.05. The molecular formula is C14H21FN2O. The van der Waals surface area contributed by atoms with Gasteiger partial charge >= 0.3 is 0 Å². The lowest BCUT2D eigenvalue weighted by Gasteiger charge is -2.24. The second kappa shape index (κ2) is 5.24. The van der Waals surface area contributed by atoms with Crippen LogP contribution in [0.2, 0.25) is 0 Å². The first-order chi connectivity index (χ1) is 8.50. The SMILES string of the molecule is CC(O)C1CCN(c2cccc(F)c2[C@@H](C)N)C1. The molecule has 18 heavy (non-hydrogen) atoms. The van der Waals surface area contributed by atoms with Crippen molar-refractivity contribution < 1.29 is 9.50 Å². The van der Waals surface area contributed by atoms with Crippen LogP contribution in [-0.4, -0.2) is 24.3 Å². The highest BCUT2D eigenvalue weighted by atomic mass is 19.1. The van der Waals surface area contributed by atoms with Gasteiger partial charge in [-0.3, -0.25) is 0 Å². The molecule has 0 radical (unpaired) electrons. The van der Waals surface area contributed by atoms with Gasteiger partial charge in [0.15, 0.2) is 0 Å². The quantitative estimate of drug-likeness (QED) is 0.865. The number of nitrogens with zero attached hydrogens (tertiary/aromatic N) is 1. The van der Waals surface area contributed by atoms with Gasteiger partial charge in [-0.1, -0.05) is 6.07 Å². The summed E-state index contributed by atoms with van der Waals surface area (Å²) in [7, 11) is 0. The molecule has 0 amide bonds. The summed E-state index contributed by atoms with van der Waals surface area (Å²) in [6.07, 6.45) is 0.620. The minimum absolute atomic E-state index is 0.247. The monoisotopic (exact) mass is 252 g/mol. The van der Waals surface area contributed by atoms with E-state index in [-0.39, 0.29) is 23.9 Å². The summed E-state index contributed by atoms with van der Waals surface area (Å²) in [6, 6.07) is 4.75. The summed E-state index contributed by atoms with van der Waals surface area (Å²) in [6.45, 7) is 5.22. The van der Waals surface area contributed by atoms with Crippen molar-refractivity contribution in [2.45, 2.75) is 32.4 Å². The van der Waals surface area contributed by atoms with Gasteiger partial charge in [0.25, 0.3) is 0 Å². The molecule has 0 saturated carbocycles. The first kappa shape index (κ1) is 13.3. The third kappa shape index (κ3) is 2.49. The number of halogens is 1. The number of aliphatic hydroxyl groups excluding tert-OH is 1. The maximum Gasteiger partial charge on any atom is 0.130 e. The molecule has 3 nitrogen and oxygen atoms in total. The fraction of sp³-hybridized carbons (Fsp3) is 0.571. The van der Waals surface area contributed by atoms with E-state index in [1.54, 1.807) is 13.0 Å². The van der Waals surface area contributed by atoms with E-state index in [0.29, 0.717) is 5.56 Å². The molecule has 4 heteroatoms. The Bertz CT molecular complexity index is 420. The van der Waals surface area contributed by atoms with Crippen LogP contribution in [0.15, 0.2) is 18.2 Å². The number of benzene rings is 1. The van der Waals surface area contributed by atoms with Crippen molar-refractivity contribution >= 4 is 5.69 Å². The highest BCUT2D eigenvalue weighted by molar-refractivity contribution is 5.56. The molecule has 1 aromatic carbocycles. The van der Waals surface area contributed by atoms with Crippen LogP contribution in [0.4, 0.5) is 10.1 Å². The Hall–Kier alpha value is -1.13. The number of rotatable bonds is 3. The standard InChI is InChI=1S/C14H21FN2O/c1-9(16)14-12(15)4-3-5-13(14)17-7-6-11(8-17)10(2)18/h3-5,9-11,18H,6-8,16H2,1-2H3/t9-,10?,11?/m1/s1. The van der Waals surface area contributed by atoms with E-state index in [4.69, 9.17) is 5.73 Å². The molecule has 100 valence electrons. The van der Waals surface area contributed by atoms with E-state index < -0.39 is 0 Å². The van der Waals surface area contributed by atoms with E-state index in [2.05, 4.69) is 4.90 Å². The Morgan fingerprint density at radius 3 is 2.72 bits per heavy atom. The third-order valence-corrected chi connectivity index (χ3v) is 3.73. The van der Waals surface area contributed by atoms with Crippen molar-refractivity contribution in [3.05, 3.63) is 29.6 Å². The van der Waals surface area contributed by atoms with E-state index in [1.807, 2.05) is 13.0 Å². The molecule has 0 bridgehead atoms. The van der Waals surface area contributed by atoms with Crippen molar-refractivity contribution in [2.24, 2.45) is 11.7 Å². The fourth-order valence-corrected chi connectivity index (χ4v) is 2.65. The van der Waals surface area contributed by atoms with E-state index >= 15 is 0 Å². The molecule has 1 fully saturated rings. The lowest BCUT2D eigenvalue weighted by atomic mass is 10.0. The van der Waals surface area contributed by atoms with Crippen LogP contribution in [0.5, 0.6) is 0 Å². The first-order valence-electron chi connectivity index (χ1n) is 6.47. The van der Waals surface area contributed by atoms with E-state index in [0.717, 1.165) is 25.2 Å². The van der Waals surface area contributed by atoms with Gasteiger partial charge in [-0.05, 0) is 32.4 Å². The van der Waals surface area contributed by atoms with Crippen molar-refractivity contribution in [1.29, 1.82) is 0 Å². The summed E-state index contributed by atoms with van der Waals surface area (Å²) >= 11 is 0. The lowest BCUT2D eigenvalue weighted by Crippen LogP contribution is -2.26. The first-order valence-corrected chi connectivity index (χ1v) is 6.47.